The first-order valence-electron chi connectivity index (χ1n) is 7.58. The molecule has 0 aliphatic carbocycles. The number of benzene rings is 1. The largest absolute Gasteiger partial charge is 0.504 e. The predicted molar refractivity (Wildman–Crippen MR) is 95.9 cm³/mol. The van der Waals surface area contributed by atoms with E-state index in [4.69, 9.17) is 4.74 Å². The summed E-state index contributed by atoms with van der Waals surface area (Å²) in [7, 11) is 1.60. The van der Waals surface area contributed by atoms with Crippen LogP contribution in [0.1, 0.15) is 37.8 Å². The lowest BCUT2D eigenvalue weighted by Crippen LogP contribution is -2.45. The Bertz CT molecular complexity index is 427. The number of ether oxygens (including phenoxy) is 1. The molecule has 4 nitrogen and oxygen atoms in total. The van der Waals surface area contributed by atoms with Crippen LogP contribution >= 0.6 is 24.8 Å². The third kappa shape index (κ3) is 5.20. The van der Waals surface area contributed by atoms with Crippen molar-refractivity contribution in [1.29, 1.82) is 0 Å². The number of nitrogens with zero attached hydrogens (tertiary/aromatic N) is 1. The molecule has 128 valence electrons. The van der Waals surface area contributed by atoms with Crippen molar-refractivity contribution in [2.45, 2.75) is 32.2 Å². The molecule has 6 heteroatoms. The Balaban J connectivity index is 0.00000220. The second-order valence-corrected chi connectivity index (χ2v) is 5.34. The van der Waals surface area contributed by atoms with Gasteiger partial charge in [0.05, 0.1) is 7.11 Å². The van der Waals surface area contributed by atoms with E-state index in [-0.39, 0.29) is 30.9 Å². The van der Waals surface area contributed by atoms with Crippen molar-refractivity contribution >= 4 is 24.8 Å². The Labute approximate surface area is 146 Å². The topological polar surface area (TPSA) is 44.7 Å². The van der Waals surface area contributed by atoms with Gasteiger partial charge in [-0.15, -0.1) is 24.8 Å². The number of unbranched alkanes of at least 4 members (excludes halogenated alkanes) is 1. The Morgan fingerprint density at radius 3 is 2.55 bits per heavy atom. The molecule has 0 amide bonds. The number of para-hydroxylation sites is 1. The maximum Gasteiger partial charge on any atom is 0.162 e. The number of nitrogens with one attached hydrogen (secondary N) is 1. The summed E-state index contributed by atoms with van der Waals surface area (Å²) in [6.07, 6.45) is 3.43. The normalized spacial score (nSPS) is 16.3. The first kappa shape index (κ1) is 21.3. The van der Waals surface area contributed by atoms with Gasteiger partial charge in [0.15, 0.2) is 11.5 Å². The lowest BCUT2D eigenvalue weighted by molar-refractivity contribution is 0.160. The van der Waals surface area contributed by atoms with E-state index in [1.165, 1.54) is 12.8 Å². The Kier molecular flexibility index (Phi) is 10.6. The minimum Gasteiger partial charge on any atom is -0.504 e. The molecule has 0 spiro atoms. The van der Waals surface area contributed by atoms with Crippen LogP contribution in [-0.2, 0) is 0 Å². The molecule has 1 aromatic carbocycles. The molecule has 1 aliphatic heterocycles. The average Bonchev–Trinajstić information content (AvgIpc) is 2.50. The summed E-state index contributed by atoms with van der Waals surface area (Å²) in [6, 6.07) is 6.09. The van der Waals surface area contributed by atoms with Gasteiger partial charge in [-0.2, -0.15) is 0 Å². The summed E-state index contributed by atoms with van der Waals surface area (Å²) in [5.74, 6) is 0.869. The van der Waals surface area contributed by atoms with Gasteiger partial charge in [-0.1, -0.05) is 31.9 Å². The number of hydrogen-bond acceptors (Lipinski definition) is 4. The maximum atomic E-state index is 10.4. The molecule has 1 atom stereocenters. The van der Waals surface area contributed by atoms with Gasteiger partial charge in [0.25, 0.3) is 0 Å². The van der Waals surface area contributed by atoms with E-state index in [1.54, 1.807) is 7.11 Å². The van der Waals surface area contributed by atoms with Gasteiger partial charge in [0.2, 0.25) is 0 Å². The van der Waals surface area contributed by atoms with Gasteiger partial charge in [-0.25, -0.2) is 0 Å². The van der Waals surface area contributed by atoms with Crippen LogP contribution in [0.3, 0.4) is 0 Å². The zero-order valence-electron chi connectivity index (χ0n) is 13.4. The molecular weight excluding hydrogens is 323 g/mol. The maximum absolute atomic E-state index is 10.4. The Morgan fingerprint density at radius 1 is 1.27 bits per heavy atom. The Morgan fingerprint density at radius 2 is 1.95 bits per heavy atom. The van der Waals surface area contributed by atoms with Crippen LogP contribution < -0.4 is 10.1 Å². The second-order valence-electron chi connectivity index (χ2n) is 5.34. The number of piperazine rings is 1. The lowest BCUT2D eigenvalue weighted by Gasteiger charge is -2.35. The van der Waals surface area contributed by atoms with Crippen LogP contribution in [0.4, 0.5) is 0 Å². The number of phenols is 1. The lowest BCUT2D eigenvalue weighted by atomic mass is 9.97. The molecule has 0 bridgehead atoms. The highest BCUT2D eigenvalue weighted by Crippen LogP contribution is 2.38. The number of hydrogen-bond donors (Lipinski definition) is 2. The molecule has 1 fully saturated rings. The van der Waals surface area contributed by atoms with Crippen molar-refractivity contribution in [3.05, 3.63) is 23.8 Å². The van der Waals surface area contributed by atoms with Crippen LogP contribution in [0.5, 0.6) is 11.5 Å². The molecule has 0 saturated carbocycles. The summed E-state index contributed by atoms with van der Waals surface area (Å²) in [4.78, 5) is 2.47. The van der Waals surface area contributed by atoms with Crippen molar-refractivity contribution in [3.8, 4) is 11.5 Å². The quantitative estimate of drug-likeness (QED) is 0.825. The van der Waals surface area contributed by atoms with Gasteiger partial charge in [-0.3, -0.25) is 4.90 Å². The number of methoxy groups -OCH3 is 1. The molecule has 1 aromatic rings. The van der Waals surface area contributed by atoms with Gasteiger partial charge in [-0.05, 0) is 12.5 Å². The molecule has 2 rings (SSSR count). The van der Waals surface area contributed by atoms with E-state index in [0.29, 0.717) is 11.5 Å². The van der Waals surface area contributed by atoms with Crippen LogP contribution in [0.15, 0.2) is 18.2 Å². The predicted octanol–water partition coefficient (Wildman–Crippen LogP) is 3.38. The molecule has 0 radical (unpaired) electrons. The fourth-order valence-electron chi connectivity index (χ4n) is 2.90. The third-order valence-corrected chi connectivity index (χ3v) is 4.03. The SMILES string of the molecule is CCCC[C@H](c1cccc(OC)c1O)N1CCNCC1.Cl.Cl. The molecule has 1 aliphatic rings. The van der Waals surface area contributed by atoms with Crippen LogP contribution in [0, 0.1) is 0 Å². The summed E-state index contributed by atoms with van der Waals surface area (Å²) in [5, 5.41) is 13.8. The highest BCUT2D eigenvalue weighted by Gasteiger charge is 2.25. The molecule has 2 N–H and O–H groups in total. The van der Waals surface area contributed by atoms with Gasteiger partial charge in [0, 0.05) is 37.8 Å². The van der Waals surface area contributed by atoms with Gasteiger partial charge < -0.3 is 15.2 Å². The first-order chi connectivity index (χ1) is 9.77. The number of phenolic OH excluding ortho intramolecular Hbond substituents is 1. The van der Waals surface area contributed by atoms with Crippen molar-refractivity contribution in [2.24, 2.45) is 0 Å². The van der Waals surface area contributed by atoms with Crippen LogP contribution in [0.25, 0.3) is 0 Å². The molecule has 1 saturated heterocycles. The van der Waals surface area contributed by atoms with E-state index < -0.39 is 0 Å². The fraction of sp³-hybridized carbons (Fsp3) is 0.625. The van der Waals surface area contributed by atoms with Crippen molar-refractivity contribution in [3.63, 3.8) is 0 Å². The van der Waals surface area contributed by atoms with Crippen LogP contribution in [-0.4, -0.2) is 43.3 Å². The monoisotopic (exact) mass is 350 g/mol. The fourth-order valence-corrected chi connectivity index (χ4v) is 2.90. The van der Waals surface area contributed by atoms with Gasteiger partial charge >= 0.3 is 0 Å². The van der Waals surface area contributed by atoms with Crippen LogP contribution in [0.2, 0.25) is 0 Å². The summed E-state index contributed by atoms with van der Waals surface area (Å²) < 4.78 is 5.25. The van der Waals surface area contributed by atoms with E-state index in [1.807, 2.05) is 18.2 Å². The van der Waals surface area contributed by atoms with Gasteiger partial charge in [0.1, 0.15) is 0 Å². The van der Waals surface area contributed by atoms with E-state index in [2.05, 4.69) is 17.1 Å². The Hall–Kier alpha value is -0.680. The minimum absolute atomic E-state index is 0. The van der Waals surface area contributed by atoms with Crippen molar-refractivity contribution < 1.29 is 9.84 Å². The summed E-state index contributed by atoms with van der Waals surface area (Å²) >= 11 is 0. The van der Waals surface area contributed by atoms with E-state index in [0.717, 1.165) is 38.2 Å². The van der Waals surface area contributed by atoms with E-state index in [9.17, 15) is 5.11 Å². The number of aromatic hydroxyl groups is 1. The first-order valence-corrected chi connectivity index (χ1v) is 7.58. The minimum atomic E-state index is 0. The molecule has 1 heterocycles. The molecular formula is C16H28Cl2N2O2. The standard InChI is InChI=1S/C16H26N2O2.2ClH/c1-3-4-7-14(18-11-9-17-10-12-18)13-6-5-8-15(20-2)16(13)19;;/h5-6,8,14,17,19H,3-4,7,9-12H2,1-2H3;2*1H/t14-;;/m1../s1. The molecule has 22 heavy (non-hydrogen) atoms. The third-order valence-electron chi connectivity index (χ3n) is 4.03. The average molecular weight is 351 g/mol. The zero-order valence-corrected chi connectivity index (χ0v) is 15.0. The van der Waals surface area contributed by atoms with Crippen molar-refractivity contribution in [2.75, 3.05) is 33.3 Å². The second kappa shape index (κ2) is 10.9. The molecule has 0 aromatic heterocycles. The van der Waals surface area contributed by atoms with E-state index >= 15 is 0 Å². The number of halogens is 2. The highest BCUT2D eigenvalue weighted by atomic mass is 35.5. The number of rotatable bonds is 6. The summed E-state index contributed by atoms with van der Waals surface area (Å²) in [6.45, 7) is 6.32. The van der Waals surface area contributed by atoms with Crippen molar-refractivity contribution in [1.82, 2.24) is 10.2 Å². The zero-order chi connectivity index (χ0) is 14.4. The smallest absolute Gasteiger partial charge is 0.162 e. The summed E-state index contributed by atoms with van der Waals surface area (Å²) in [5.41, 5.74) is 1.000. The highest BCUT2D eigenvalue weighted by molar-refractivity contribution is 5.85. The molecule has 0 unspecified atom stereocenters.